The van der Waals surface area contributed by atoms with E-state index in [-0.39, 0.29) is 24.8 Å². The van der Waals surface area contributed by atoms with Gasteiger partial charge in [0.2, 0.25) is 5.96 Å². The summed E-state index contributed by atoms with van der Waals surface area (Å²) >= 11 is 0. The fourth-order valence-corrected chi connectivity index (χ4v) is 5.25. The van der Waals surface area contributed by atoms with Gasteiger partial charge < -0.3 is 24.0 Å². The van der Waals surface area contributed by atoms with Gasteiger partial charge in [0.1, 0.15) is 23.0 Å². The first-order valence-corrected chi connectivity index (χ1v) is 14.6. The average Bonchev–Trinajstić information content (AvgIpc) is 3.28. The van der Waals surface area contributed by atoms with Crippen LogP contribution in [0.4, 0.5) is 14.4 Å². The first-order chi connectivity index (χ1) is 19.3. The van der Waals surface area contributed by atoms with E-state index in [0.717, 1.165) is 12.8 Å². The maximum atomic E-state index is 13.0. The Morgan fingerprint density at radius 3 is 2.24 bits per heavy atom. The number of rotatable bonds is 6. The second-order valence-corrected chi connectivity index (χ2v) is 13.5. The van der Waals surface area contributed by atoms with Gasteiger partial charge in [-0.05, 0) is 66.2 Å². The maximum Gasteiger partial charge on any atom is 0.418 e. The summed E-state index contributed by atoms with van der Waals surface area (Å²) < 4.78 is 52.1. The van der Waals surface area contributed by atoms with Crippen molar-refractivity contribution in [1.82, 2.24) is 25.8 Å². The van der Waals surface area contributed by atoms with E-state index >= 15 is 0 Å². The molecular weight excluding hydrogens is 580 g/mol. The third kappa shape index (κ3) is 7.67. The molecule has 3 heterocycles. The molecule has 3 atom stereocenters. The quantitative estimate of drug-likeness (QED) is 0.205. The molecule has 42 heavy (non-hydrogen) atoms. The van der Waals surface area contributed by atoms with Crippen LogP contribution >= 0.6 is 0 Å². The summed E-state index contributed by atoms with van der Waals surface area (Å²) in [6.45, 7) is 9.70. The molecule has 1 spiro atoms. The average molecular weight is 617 g/mol. The van der Waals surface area contributed by atoms with Gasteiger partial charge >= 0.3 is 28.6 Å². The van der Waals surface area contributed by atoms with Crippen molar-refractivity contribution in [2.24, 2.45) is 10.4 Å². The van der Waals surface area contributed by atoms with Crippen molar-refractivity contribution in [3.05, 3.63) is 17.5 Å². The molecule has 2 saturated heterocycles. The van der Waals surface area contributed by atoms with Gasteiger partial charge in [0, 0.05) is 12.6 Å². The normalized spacial score (nSPS) is 22.0. The highest BCUT2D eigenvalue weighted by atomic mass is 32.3. The zero-order chi connectivity index (χ0) is 31.3. The number of hydrogen-bond donors (Lipinski definition) is 4. The molecule has 17 nitrogen and oxygen atoms in total. The number of carbonyl (C=O) groups excluding carboxylic acids is 3. The highest BCUT2D eigenvalue weighted by Gasteiger charge is 2.64. The van der Waals surface area contributed by atoms with Crippen LogP contribution in [0.3, 0.4) is 0 Å². The van der Waals surface area contributed by atoms with Crippen LogP contribution in [-0.2, 0) is 24.2 Å². The zero-order valence-electron chi connectivity index (χ0n) is 24.1. The van der Waals surface area contributed by atoms with Gasteiger partial charge in [-0.2, -0.15) is 13.5 Å². The minimum Gasteiger partial charge on any atom is -0.444 e. The second kappa shape index (κ2) is 11.0. The van der Waals surface area contributed by atoms with Crippen molar-refractivity contribution in [3.8, 4) is 0 Å². The first kappa shape index (κ1) is 31.5. The largest absolute Gasteiger partial charge is 0.444 e. The van der Waals surface area contributed by atoms with Gasteiger partial charge in [-0.3, -0.25) is 15.2 Å². The molecule has 3 aliphatic rings. The Kier molecular flexibility index (Phi) is 8.22. The molecule has 1 aliphatic carbocycles. The van der Waals surface area contributed by atoms with E-state index in [4.69, 9.17) is 18.5 Å². The van der Waals surface area contributed by atoms with Gasteiger partial charge in [-0.25, -0.2) is 19.4 Å². The van der Waals surface area contributed by atoms with Crippen molar-refractivity contribution >= 4 is 34.6 Å². The van der Waals surface area contributed by atoms with Crippen LogP contribution in [0, 0.1) is 5.41 Å². The molecule has 4 amide bonds. The topological polar surface area (TPSA) is 222 Å². The van der Waals surface area contributed by atoms with Crippen LogP contribution in [0.15, 0.2) is 15.6 Å². The molecule has 0 unspecified atom stereocenters. The standard InChI is InChI=1S/C24H36N6O11S/c1-22(2,3)38-19(32)26-18(27-20(33)39-23(4,5)6)25-11-15(31)16-9-13(28-40-16)14-10-24(7-8-24)17-12-29(14)21(34)30(17)41-42(35,36)37/h9,14-15,17,31H,7-8,10-12H2,1-6H3,(H,35,36,37)(H2,25,26,27,32,33)/t14-,15-,17-/m0/s1. The van der Waals surface area contributed by atoms with Gasteiger partial charge in [-0.15, -0.1) is 4.28 Å². The minimum atomic E-state index is -4.91. The highest BCUT2D eigenvalue weighted by molar-refractivity contribution is 7.80. The number of aliphatic hydroxyl groups excluding tert-OH is 1. The molecule has 4 N–H and O–H groups in total. The van der Waals surface area contributed by atoms with Gasteiger partial charge in [0.05, 0.1) is 18.6 Å². The highest BCUT2D eigenvalue weighted by Crippen LogP contribution is 2.61. The molecule has 3 fully saturated rings. The summed E-state index contributed by atoms with van der Waals surface area (Å²) in [6, 6.07) is -0.448. The number of aliphatic imine (C=N–C) groups is 1. The number of hydrogen-bond acceptors (Lipinski definition) is 12. The molecule has 234 valence electrons. The molecule has 1 aromatic rings. The number of ether oxygens (including phenoxy) is 2. The van der Waals surface area contributed by atoms with Gasteiger partial charge in [0.25, 0.3) is 0 Å². The number of aromatic nitrogens is 1. The Hall–Kier alpha value is -3.48. The number of nitrogens with zero attached hydrogens (tertiary/aromatic N) is 4. The molecule has 0 radical (unpaired) electrons. The molecule has 2 bridgehead atoms. The van der Waals surface area contributed by atoms with E-state index in [2.05, 4.69) is 25.1 Å². The number of carbonyl (C=O) groups is 3. The molecule has 2 aliphatic heterocycles. The van der Waals surface area contributed by atoms with E-state index in [1.165, 1.54) is 11.0 Å². The van der Waals surface area contributed by atoms with Crippen LogP contribution in [0.1, 0.15) is 84.4 Å². The predicted octanol–water partition coefficient (Wildman–Crippen LogP) is 2.18. The fraction of sp³-hybridized carbons (Fsp3) is 0.708. The monoisotopic (exact) mass is 616 g/mol. The Balaban J connectivity index is 1.47. The van der Waals surface area contributed by atoms with Crippen molar-refractivity contribution in [1.29, 1.82) is 0 Å². The lowest BCUT2D eigenvalue weighted by molar-refractivity contribution is -0.0527. The number of nitrogens with one attached hydrogen (secondary N) is 2. The molecule has 18 heteroatoms. The van der Waals surface area contributed by atoms with E-state index in [9.17, 15) is 27.9 Å². The number of urea groups is 1. The smallest absolute Gasteiger partial charge is 0.418 e. The van der Waals surface area contributed by atoms with E-state index in [1.54, 1.807) is 41.5 Å². The number of fused-ring (bicyclic) bond motifs is 3. The predicted molar refractivity (Wildman–Crippen MR) is 142 cm³/mol. The van der Waals surface area contributed by atoms with Crippen molar-refractivity contribution in [2.75, 3.05) is 13.1 Å². The number of aliphatic hydroxyl groups is 1. The summed E-state index contributed by atoms with van der Waals surface area (Å²) in [6.07, 6.45) is -1.29. The van der Waals surface area contributed by atoms with Crippen LogP contribution in [0.25, 0.3) is 0 Å². The third-order valence-electron chi connectivity index (χ3n) is 6.71. The molecular formula is C24H36N6O11S. The maximum absolute atomic E-state index is 13.0. The molecule has 0 aromatic carbocycles. The van der Waals surface area contributed by atoms with Crippen LogP contribution in [0.5, 0.6) is 0 Å². The number of hydroxylamine groups is 2. The Labute approximate surface area is 242 Å². The number of alkyl carbamates (subject to hydrolysis) is 2. The van der Waals surface area contributed by atoms with Crippen LogP contribution in [0.2, 0.25) is 0 Å². The third-order valence-corrected chi connectivity index (χ3v) is 7.06. The minimum absolute atomic E-state index is 0.00713. The number of guanidine groups is 1. The molecule has 1 saturated carbocycles. The SMILES string of the molecule is CC(C)(C)OC(=O)NC(=NC[C@H](O)c1cc([C@@H]2CC3(CC3)[C@@H]3CN2C(=O)N3OS(=O)(=O)O)no1)NC(=O)OC(C)(C)C. The van der Waals surface area contributed by atoms with Crippen LogP contribution < -0.4 is 10.6 Å². The van der Waals surface area contributed by atoms with Crippen LogP contribution in [-0.4, -0.2) is 87.7 Å². The summed E-state index contributed by atoms with van der Waals surface area (Å²) in [5.74, 6) is -0.347. The number of piperidine rings is 1. The number of amides is 4. The van der Waals surface area contributed by atoms with Gasteiger partial charge in [-0.1, -0.05) is 5.16 Å². The van der Waals surface area contributed by atoms with Crippen molar-refractivity contribution < 1.29 is 50.7 Å². The Morgan fingerprint density at radius 2 is 1.74 bits per heavy atom. The van der Waals surface area contributed by atoms with Gasteiger partial charge in [0.15, 0.2) is 5.76 Å². The fourth-order valence-electron chi connectivity index (χ4n) is 4.88. The van der Waals surface area contributed by atoms with Crippen molar-refractivity contribution in [3.63, 3.8) is 0 Å². The lowest BCUT2D eigenvalue weighted by Gasteiger charge is -2.35. The molecule has 4 rings (SSSR count). The van der Waals surface area contributed by atoms with E-state index in [1.807, 2.05) is 0 Å². The first-order valence-electron chi connectivity index (χ1n) is 13.2. The summed E-state index contributed by atoms with van der Waals surface area (Å²) in [5, 5.41) is 20.1. The second-order valence-electron chi connectivity index (χ2n) is 12.5. The summed E-state index contributed by atoms with van der Waals surface area (Å²) in [4.78, 5) is 43.0. The lowest BCUT2D eigenvalue weighted by atomic mass is 9.84. The summed E-state index contributed by atoms with van der Waals surface area (Å²) in [5.41, 5.74) is -1.75. The Bertz CT molecular complexity index is 1330. The van der Waals surface area contributed by atoms with E-state index < -0.39 is 63.4 Å². The molecule has 1 aromatic heterocycles. The zero-order valence-corrected chi connectivity index (χ0v) is 24.9. The van der Waals surface area contributed by atoms with E-state index in [0.29, 0.717) is 17.2 Å². The Morgan fingerprint density at radius 1 is 1.17 bits per heavy atom. The lowest BCUT2D eigenvalue weighted by Crippen LogP contribution is -2.47. The van der Waals surface area contributed by atoms with Crippen molar-refractivity contribution in [2.45, 2.75) is 90.2 Å². The summed E-state index contributed by atoms with van der Waals surface area (Å²) in [7, 11) is -4.91.